The Bertz CT molecular complexity index is 334. The van der Waals surface area contributed by atoms with Gasteiger partial charge in [0.05, 0.1) is 7.11 Å². The molecule has 0 aromatic heterocycles. The molecule has 0 saturated heterocycles. The van der Waals surface area contributed by atoms with E-state index in [-0.39, 0.29) is 5.91 Å². The number of carbonyl (C=O) groups excluding carboxylic acids is 1. The van der Waals surface area contributed by atoms with E-state index in [2.05, 4.69) is 5.32 Å². The number of carbonyl (C=O) groups is 1. The van der Waals surface area contributed by atoms with Gasteiger partial charge in [-0.15, -0.1) is 0 Å². The summed E-state index contributed by atoms with van der Waals surface area (Å²) in [7, 11) is 3.26. The van der Waals surface area contributed by atoms with Crippen molar-refractivity contribution >= 4 is 5.91 Å². The number of hydrogen-bond acceptors (Lipinski definition) is 2. The van der Waals surface area contributed by atoms with Crippen LogP contribution >= 0.6 is 0 Å². The highest BCUT2D eigenvalue weighted by Gasteiger charge is 2.06. The first kappa shape index (κ1) is 10.6. The van der Waals surface area contributed by atoms with Gasteiger partial charge in [-0.25, -0.2) is 0 Å². The van der Waals surface area contributed by atoms with E-state index in [1.807, 2.05) is 19.1 Å². The molecule has 1 amide bonds. The predicted molar refractivity (Wildman–Crippen MR) is 55.8 cm³/mol. The second-order valence-corrected chi connectivity index (χ2v) is 2.96. The number of methoxy groups -OCH3 is 1. The SMILES string of the molecule is CCc1cc(C(=O)NC)ccc1OC. The van der Waals surface area contributed by atoms with Crippen LogP contribution in [0.3, 0.4) is 0 Å². The lowest BCUT2D eigenvalue weighted by atomic mass is 10.1. The third-order valence-corrected chi connectivity index (χ3v) is 2.15. The maximum absolute atomic E-state index is 11.3. The van der Waals surface area contributed by atoms with Gasteiger partial charge in [-0.3, -0.25) is 4.79 Å². The van der Waals surface area contributed by atoms with Crippen LogP contribution in [0.2, 0.25) is 0 Å². The Morgan fingerprint density at radius 1 is 1.50 bits per heavy atom. The van der Waals surface area contributed by atoms with Crippen molar-refractivity contribution in [2.75, 3.05) is 14.2 Å². The van der Waals surface area contributed by atoms with Crippen LogP contribution in [0.4, 0.5) is 0 Å². The second-order valence-electron chi connectivity index (χ2n) is 2.96. The molecule has 0 spiro atoms. The highest BCUT2D eigenvalue weighted by molar-refractivity contribution is 5.94. The molecule has 1 aromatic rings. The fourth-order valence-electron chi connectivity index (χ4n) is 1.34. The zero-order valence-electron chi connectivity index (χ0n) is 8.76. The van der Waals surface area contributed by atoms with Gasteiger partial charge >= 0.3 is 0 Å². The van der Waals surface area contributed by atoms with Crippen LogP contribution < -0.4 is 10.1 Å². The summed E-state index contributed by atoms with van der Waals surface area (Å²) < 4.78 is 5.17. The van der Waals surface area contributed by atoms with Gasteiger partial charge in [-0.2, -0.15) is 0 Å². The number of nitrogens with one attached hydrogen (secondary N) is 1. The van der Waals surface area contributed by atoms with Gasteiger partial charge in [0.2, 0.25) is 0 Å². The topological polar surface area (TPSA) is 38.3 Å². The Kier molecular flexibility index (Phi) is 3.51. The largest absolute Gasteiger partial charge is 0.496 e. The van der Waals surface area contributed by atoms with Gasteiger partial charge in [-0.1, -0.05) is 6.92 Å². The van der Waals surface area contributed by atoms with Crippen molar-refractivity contribution < 1.29 is 9.53 Å². The molecular formula is C11H15NO2. The van der Waals surface area contributed by atoms with Crippen LogP contribution in [-0.4, -0.2) is 20.1 Å². The van der Waals surface area contributed by atoms with E-state index in [4.69, 9.17) is 4.74 Å². The monoisotopic (exact) mass is 193 g/mol. The standard InChI is InChI=1S/C11H15NO2/c1-4-8-7-9(11(13)12-2)5-6-10(8)14-3/h5-7H,4H2,1-3H3,(H,12,13). The van der Waals surface area contributed by atoms with Crippen LogP contribution in [-0.2, 0) is 6.42 Å². The van der Waals surface area contributed by atoms with E-state index in [1.54, 1.807) is 20.2 Å². The number of benzene rings is 1. The molecule has 1 aromatic carbocycles. The molecule has 76 valence electrons. The summed E-state index contributed by atoms with van der Waals surface area (Å²) in [5.41, 5.74) is 1.72. The molecule has 1 rings (SSSR count). The maximum atomic E-state index is 11.3. The number of hydrogen-bond donors (Lipinski definition) is 1. The molecule has 3 nitrogen and oxygen atoms in total. The van der Waals surface area contributed by atoms with Crippen molar-refractivity contribution in [3.63, 3.8) is 0 Å². The minimum Gasteiger partial charge on any atom is -0.496 e. The van der Waals surface area contributed by atoms with Crippen molar-refractivity contribution in [3.8, 4) is 5.75 Å². The summed E-state index contributed by atoms with van der Waals surface area (Å²) in [6.07, 6.45) is 0.855. The Morgan fingerprint density at radius 2 is 2.21 bits per heavy atom. The zero-order valence-corrected chi connectivity index (χ0v) is 8.76. The molecule has 0 radical (unpaired) electrons. The van der Waals surface area contributed by atoms with Crippen LogP contribution in [0.5, 0.6) is 5.75 Å². The van der Waals surface area contributed by atoms with Crippen molar-refractivity contribution in [1.82, 2.24) is 5.32 Å². The number of amides is 1. The highest BCUT2D eigenvalue weighted by Crippen LogP contribution is 2.20. The summed E-state index contributed by atoms with van der Waals surface area (Å²) >= 11 is 0. The maximum Gasteiger partial charge on any atom is 0.251 e. The lowest BCUT2D eigenvalue weighted by Gasteiger charge is -2.08. The van der Waals surface area contributed by atoms with E-state index in [0.717, 1.165) is 17.7 Å². The molecule has 0 unspecified atom stereocenters. The molecule has 0 aliphatic carbocycles. The van der Waals surface area contributed by atoms with Crippen molar-refractivity contribution in [1.29, 1.82) is 0 Å². The summed E-state index contributed by atoms with van der Waals surface area (Å²) in [5.74, 6) is 0.766. The first-order valence-electron chi connectivity index (χ1n) is 4.62. The quantitative estimate of drug-likeness (QED) is 0.792. The average Bonchev–Trinajstić information content (AvgIpc) is 2.26. The average molecular weight is 193 g/mol. The van der Waals surface area contributed by atoms with Gasteiger partial charge in [0.25, 0.3) is 5.91 Å². The van der Waals surface area contributed by atoms with E-state index in [1.165, 1.54) is 0 Å². The summed E-state index contributed by atoms with van der Waals surface area (Å²) in [4.78, 5) is 11.3. The molecule has 0 atom stereocenters. The van der Waals surface area contributed by atoms with Gasteiger partial charge in [0.1, 0.15) is 5.75 Å². The Balaban J connectivity index is 3.07. The molecule has 0 aliphatic heterocycles. The normalized spacial score (nSPS) is 9.64. The lowest BCUT2D eigenvalue weighted by Crippen LogP contribution is -2.17. The summed E-state index contributed by atoms with van der Waals surface area (Å²) in [6, 6.07) is 5.44. The minimum atomic E-state index is -0.0673. The summed E-state index contributed by atoms with van der Waals surface area (Å²) in [6.45, 7) is 2.03. The lowest BCUT2D eigenvalue weighted by molar-refractivity contribution is 0.0963. The van der Waals surface area contributed by atoms with Crippen LogP contribution in [0.15, 0.2) is 18.2 Å². The fourth-order valence-corrected chi connectivity index (χ4v) is 1.34. The van der Waals surface area contributed by atoms with Crippen molar-refractivity contribution in [3.05, 3.63) is 29.3 Å². The van der Waals surface area contributed by atoms with Gasteiger partial charge in [-0.05, 0) is 30.2 Å². The molecule has 0 heterocycles. The van der Waals surface area contributed by atoms with Crippen molar-refractivity contribution in [2.45, 2.75) is 13.3 Å². The van der Waals surface area contributed by atoms with Gasteiger partial charge in [0.15, 0.2) is 0 Å². The minimum absolute atomic E-state index is 0.0673. The fraction of sp³-hybridized carbons (Fsp3) is 0.364. The molecular weight excluding hydrogens is 178 g/mol. The van der Waals surface area contributed by atoms with Crippen molar-refractivity contribution in [2.24, 2.45) is 0 Å². The number of rotatable bonds is 3. The molecule has 3 heteroatoms. The molecule has 0 fully saturated rings. The molecule has 14 heavy (non-hydrogen) atoms. The van der Waals surface area contributed by atoms with E-state index in [9.17, 15) is 4.79 Å². The van der Waals surface area contributed by atoms with Crippen LogP contribution in [0.1, 0.15) is 22.8 Å². The van der Waals surface area contributed by atoms with Crippen LogP contribution in [0.25, 0.3) is 0 Å². The predicted octanol–water partition coefficient (Wildman–Crippen LogP) is 1.62. The first-order valence-corrected chi connectivity index (χ1v) is 4.62. The second kappa shape index (κ2) is 4.65. The molecule has 0 bridgehead atoms. The Labute approximate surface area is 84.1 Å². The van der Waals surface area contributed by atoms with E-state index >= 15 is 0 Å². The zero-order chi connectivity index (χ0) is 10.6. The third kappa shape index (κ3) is 2.05. The smallest absolute Gasteiger partial charge is 0.251 e. The third-order valence-electron chi connectivity index (χ3n) is 2.15. The summed E-state index contributed by atoms with van der Waals surface area (Å²) in [5, 5.41) is 2.59. The number of ether oxygens (including phenoxy) is 1. The van der Waals surface area contributed by atoms with Gasteiger partial charge < -0.3 is 10.1 Å². The van der Waals surface area contributed by atoms with E-state index < -0.39 is 0 Å². The first-order chi connectivity index (χ1) is 6.72. The van der Waals surface area contributed by atoms with Crippen LogP contribution in [0, 0.1) is 0 Å². The highest BCUT2D eigenvalue weighted by atomic mass is 16.5. The molecule has 0 saturated carbocycles. The Morgan fingerprint density at radius 3 is 2.71 bits per heavy atom. The molecule has 1 N–H and O–H groups in total. The van der Waals surface area contributed by atoms with Gasteiger partial charge in [0, 0.05) is 12.6 Å². The Hall–Kier alpha value is -1.51. The number of aryl methyl sites for hydroxylation is 1. The molecule has 0 aliphatic rings. The van der Waals surface area contributed by atoms with E-state index in [0.29, 0.717) is 5.56 Å².